The Balaban J connectivity index is 1.31. The highest BCUT2D eigenvalue weighted by Crippen LogP contribution is 2.48. The number of rotatable bonds is 2. The van der Waals surface area contributed by atoms with E-state index in [1.807, 2.05) is 18.5 Å². The zero-order valence-electron chi connectivity index (χ0n) is 25.4. The molecule has 4 nitrogen and oxygen atoms in total. The van der Waals surface area contributed by atoms with Gasteiger partial charge in [0, 0.05) is 52.0 Å². The van der Waals surface area contributed by atoms with Crippen molar-refractivity contribution in [3.8, 4) is 27.9 Å². The smallest absolute Gasteiger partial charge is 0.233 e. The van der Waals surface area contributed by atoms with Gasteiger partial charge in [0.15, 0.2) is 0 Å². The molecular formula is C43H28N3O+. The van der Waals surface area contributed by atoms with Gasteiger partial charge in [-0.2, -0.15) is 4.58 Å². The molecule has 0 amide bonds. The Bertz CT molecular complexity index is 2490. The van der Waals surface area contributed by atoms with E-state index >= 15 is 0 Å². The fourth-order valence-electron chi connectivity index (χ4n) is 7.59. The van der Waals surface area contributed by atoms with Crippen molar-refractivity contribution in [1.29, 1.82) is 0 Å². The SMILES string of the molecule is C1=C[N+](c2ccccc2)=C2C=C3C(=CC2O1)c1ncccc1-c1ccccc1-c1ccc(-n2c4ccccc4c4ccccc42)cc13. The van der Waals surface area contributed by atoms with Gasteiger partial charge in [-0.05, 0) is 64.2 Å². The number of allylic oxidation sites excluding steroid dienone is 2. The largest absolute Gasteiger partial charge is 0.477 e. The second-order valence-electron chi connectivity index (χ2n) is 12.2. The van der Waals surface area contributed by atoms with E-state index in [1.54, 1.807) is 6.26 Å². The van der Waals surface area contributed by atoms with Crippen LogP contribution in [-0.2, 0) is 4.74 Å². The lowest BCUT2D eigenvalue weighted by Crippen LogP contribution is -2.31. The molecule has 0 fully saturated rings. The molecule has 0 spiro atoms. The van der Waals surface area contributed by atoms with Crippen molar-refractivity contribution >= 4 is 44.4 Å². The first-order chi connectivity index (χ1) is 23.3. The predicted octanol–water partition coefficient (Wildman–Crippen LogP) is 9.96. The van der Waals surface area contributed by atoms with E-state index in [-0.39, 0.29) is 6.10 Å². The van der Waals surface area contributed by atoms with Crippen LogP contribution < -0.4 is 0 Å². The molecule has 7 aromatic rings. The van der Waals surface area contributed by atoms with Gasteiger partial charge in [-0.3, -0.25) is 4.98 Å². The number of fused-ring (bicyclic) bond motifs is 12. The summed E-state index contributed by atoms with van der Waals surface area (Å²) in [5, 5.41) is 2.50. The van der Waals surface area contributed by atoms with Crippen LogP contribution in [0.1, 0.15) is 11.3 Å². The lowest BCUT2D eigenvalue weighted by atomic mass is 9.78. The lowest BCUT2D eigenvalue weighted by molar-refractivity contribution is -0.370. The molecular weight excluding hydrogens is 574 g/mol. The third-order valence-corrected chi connectivity index (χ3v) is 9.64. The molecule has 47 heavy (non-hydrogen) atoms. The average molecular weight is 603 g/mol. The van der Waals surface area contributed by atoms with Gasteiger partial charge >= 0.3 is 0 Å². The van der Waals surface area contributed by atoms with Gasteiger partial charge in [0.2, 0.25) is 23.7 Å². The Morgan fingerprint density at radius 2 is 1.26 bits per heavy atom. The van der Waals surface area contributed by atoms with Gasteiger partial charge in [0.1, 0.15) is 6.26 Å². The number of ether oxygens (including phenoxy) is 1. The first-order valence-corrected chi connectivity index (χ1v) is 16.0. The van der Waals surface area contributed by atoms with E-state index in [9.17, 15) is 0 Å². The van der Waals surface area contributed by atoms with Gasteiger partial charge < -0.3 is 9.30 Å². The molecule has 1 unspecified atom stereocenters. The molecule has 1 aliphatic heterocycles. The van der Waals surface area contributed by atoms with Crippen LogP contribution in [0, 0.1) is 0 Å². The number of aromatic nitrogens is 2. The molecule has 1 atom stereocenters. The molecule has 3 aliphatic rings. The Morgan fingerprint density at radius 1 is 0.596 bits per heavy atom. The van der Waals surface area contributed by atoms with Crippen molar-refractivity contribution in [2.24, 2.45) is 0 Å². The number of pyridine rings is 1. The summed E-state index contributed by atoms with van der Waals surface area (Å²) in [6, 6.07) is 47.7. The molecule has 3 heterocycles. The molecule has 4 heteroatoms. The van der Waals surface area contributed by atoms with Crippen LogP contribution in [0.5, 0.6) is 0 Å². The Labute approximate surface area is 272 Å². The zero-order chi connectivity index (χ0) is 30.9. The topological polar surface area (TPSA) is 30.1 Å². The number of benzene rings is 5. The van der Waals surface area contributed by atoms with Crippen LogP contribution in [0.2, 0.25) is 0 Å². The van der Waals surface area contributed by atoms with E-state index in [2.05, 4.69) is 149 Å². The van der Waals surface area contributed by atoms with Crippen molar-refractivity contribution in [3.63, 3.8) is 0 Å². The first-order valence-electron chi connectivity index (χ1n) is 16.0. The first kappa shape index (κ1) is 26.0. The standard InChI is InChI=1S/C43H28N3O/c1-2-11-28(12-3-1)45-23-24-47-42-27-38-37(26-41(42)45)36-25-29(46-39-18-8-6-15-33(39)34-16-7-9-19-40(34)46)20-21-32(36)30-13-4-5-14-31(30)35-17-10-22-44-43(35)38/h1-27,42H/q+1. The molecule has 5 aromatic carbocycles. The summed E-state index contributed by atoms with van der Waals surface area (Å²) in [5.41, 5.74) is 14.7. The van der Waals surface area contributed by atoms with Crippen molar-refractivity contribution in [1.82, 2.24) is 9.55 Å². The highest BCUT2D eigenvalue weighted by molar-refractivity contribution is 6.21. The fraction of sp³-hybridized carbons (Fsp3) is 0.0233. The maximum Gasteiger partial charge on any atom is 0.233 e. The third-order valence-electron chi connectivity index (χ3n) is 9.64. The summed E-state index contributed by atoms with van der Waals surface area (Å²) in [4.78, 5) is 5.04. The molecule has 2 aliphatic carbocycles. The second kappa shape index (κ2) is 10.1. The fourth-order valence-corrected chi connectivity index (χ4v) is 7.59. The summed E-state index contributed by atoms with van der Waals surface area (Å²) in [7, 11) is 0. The molecule has 0 radical (unpaired) electrons. The van der Waals surface area contributed by atoms with Crippen LogP contribution in [0.15, 0.2) is 164 Å². The monoisotopic (exact) mass is 602 g/mol. The number of hydrogen-bond donors (Lipinski definition) is 0. The van der Waals surface area contributed by atoms with E-state index < -0.39 is 0 Å². The minimum absolute atomic E-state index is 0.257. The van der Waals surface area contributed by atoms with Crippen molar-refractivity contribution < 1.29 is 9.31 Å². The predicted molar refractivity (Wildman–Crippen MR) is 191 cm³/mol. The number of nitrogens with zero attached hydrogens (tertiary/aromatic N) is 3. The second-order valence-corrected chi connectivity index (χ2v) is 12.2. The van der Waals surface area contributed by atoms with Crippen LogP contribution >= 0.6 is 0 Å². The van der Waals surface area contributed by atoms with Crippen molar-refractivity contribution in [3.05, 3.63) is 176 Å². The van der Waals surface area contributed by atoms with Gasteiger partial charge in [-0.15, -0.1) is 0 Å². The number of hydrogen-bond acceptors (Lipinski definition) is 2. The third kappa shape index (κ3) is 3.88. The molecule has 10 rings (SSSR count). The average Bonchev–Trinajstić information content (AvgIpc) is 3.48. The van der Waals surface area contributed by atoms with Crippen LogP contribution in [0.3, 0.4) is 0 Å². The van der Waals surface area contributed by atoms with Gasteiger partial charge in [-0.25, -0.2) is 0 Å². The summed E-state index contributed by atoms with van der Waals surface area (Å²) in [6.45, 7) is 0. The molecule has 0 saturated heterocycles. The van der Waals surface area contributed by atoms with E-state index in [1.165, 1.54) is 38.5 Å². The minimum atomic E-state index is -0.257. The molecule has 2 aromatic heterocycles. The maximum absolute atomic E-state index is 6.29. The van der Waals surface area contributed by atoms with Crippen molar-refractivity contribution in [2.75, 3.05) is 0 Å². The minimum Gasteiger partial charge on any atom is -0.477 e. The van der Waals surface area contributed by atoms with Crippen LogP contribution in [0.4, 0.5) is 5.69 Å². The molecule has 0 N–H and O–H groups in total. The lowest BCUT2D eigenvalue weighted by Gasteiger charge is -2.28. The Morgan fingerprint density at radius 3 is 2.04 bits per heavy atom. The van der Waals surface area contributed by atoms with Gasteiger partial charge in [-0.1, -0.05) is 91.0 Å². The van der Waals surface area contributed by atoms with Crippen molar-refractivity contribution in [2.45, 2.75) is 6.10 Å². The number of para-hydroxylation sites is 3. The quantitative estimate of drug-likeness (QED) is 0.184. The summed E-state index contributed by atoms with van der Waals surface area (Å²) in [6.07, 6.45) is 10.0. The van der Waals surface area contributed by atoms with E-state index in [0.29, 0.717) is 0 Å². The van der Waals surface area contributed by atoms with E-state index in [4.69, 9.17) is 9.72 Å². The summed E-state index contributed by atoms with van der Waals surface area (Å²) < 4.78 is 10.9. The zero-order valence-corrected chi connectivity index (χ0v) is 25.4. The Kier molecular flexibility index (Phi) is 5.60. The summed E-state index contributed by atoms with van der Waals surface area (Å²) >= 11 is 0. The van der Waals surface area contributed by atoms with Crippen LogP contribution in [0.25, 0.3) is 60.9 Å². The summed E-state index contributed by atoms with van der Waals surface area (Å²) in [5.74, 6) is 0. The van der Waals surface area contributed by atoms with Gasteiger partial charge in [0.05, 0.1) is 16.7 Å². The molecule has 220 valence electrons. The normalized spacial score (nSPS) is 16.1. The molecule has 0 bridgehead atoms. The maximum atomic E-state index is 6.29. The highest BCUT2D eigenvalue weighted by Gasteiger charge is 2.36. The van der Waals surface area contributed by atoms with E-state index in [0.717, 1.165) is 45.1 Å². The highest BCUT2D eigenvalue weighted by atomic mass is 16.5. The Hall–Kier alpha value is -6.26. The van der Waals surface area contributed by atoms with Gasteiger partial charge in [0.25, 0.3) is 0 Å². The molecule has 0 saturated carbocycles. The van der Waals surface area contributed by atoms with Crippen LogP contribution in [-0.4, -0.2) is 25.9 Å².